The summed E-state index contributed by atoms with van der Waals surface area (Å²) in [5.74, 6) is 1.67. The molecule has 1 aliphatic rings. The minimum atomic E-state index is -0.183. The molecule has 0 radical (unpaired) electrons. The summed E-state index contributed by atoms with van der Waals surface area (Å²) in [7, 11) is 0. The van der Waals surface area contributed by atoms with Crippen LogP contribution in [0.2, 0.25) is 5.02 Å². The van der Waals surface area contributed by atoms with Crippen LogP contribution in [0, 0.1) is 0 Å². The Morgan fingerprint density at radius 3 is 2.81 bits per heavy atom. The molecule has 2 aromatic heterocycles. The third kappa shape index (κ3) is 3.53. The molecule has 3 heterocycles. The molecule has 31 heavy (non-hydrogen) atoms. The highest BCUT2D eigenvalue weighted by Gasteiger charge is 2.21. The highest BCUT2D eigenvalue weighted by Crippen LogP contribution is 2.30. The van der Waals surface area contributed by atoms with Crippen LogP contribution >= 0.6 is 11.6 Å². The summed E-state index contributed by atoms with van der Waals surface area (Å²) >= 11 is 6.41. The standard InChI is InChI=1S/C24H22ClN5O/c1-15(29-23-18-10-6-12-26-22(18)27-14-28-23)20-13-16-7-5-11-19(25)21(16)24(31)30(20)17-8-3-2-4-9-17/h2-5,7-9,11,13-15H,6,10,12H2,1H3,(H2,26,27,28,29)/t15-/m0/s1. The lowest BCUT2D eigenvalue weighted by Crippen LogP contribution is -2.26. The molecule has 0 fully saturated rings. The van der Waals surface area contributed by atoms with E-state index in [0.29, 0.717) is 10.4 Å². The molecule has 0 aliphatic carbocycles. The molecule has 0 saturated carbocycles. The van der Waals surface area contributed by atoms with Gasteiger partial charge in [-0.15, -0.1) is 0 Å². The number of nitrogens with zero attached hydrogens (tertiary/aromatic N) is 3. The molecule has 5 rings (SSSR count). The Labute approximate surface area is 184 Å². The molecular weight excluding hydrogens is 410 g/mol. The largest absolute Gasteiger partial charge is 0.370 e. The number of para-hydroxylation sites is 1. The Morgan fingerprint density at radius 2 is 1.97 bits per heavy atom. The molecule has 0 saturated heterocycles. The highest BCUT2D eigenvalue weighted by atomic mass is 35.5. The summed E-state index contributed by atoms with van der Waals surface area (Å²) in [5.41, 5.74) is 2.58. The van der Waals surface area contributed by atoms with E-state index in [1.54, 1.807) is 17.0 Å². The number of pyridine rings is 1. The van der Waals surface area contributed by atoms with E-state index >= 15 is 0 Å². The number of halogens is 1. The maximum absolute atomic E-state index is 13.6. The second-order valence-electron chi connectivity index (χ2n) is 7.70. The molecule has 1 aliphatic heterocycles. The third-order valence-corrected chi connectivity index (χ3v) is 5.99. The van der Waals surface area contributed by atoms with Crippen molar-refractivity contribution in [1.82, 2.24) is 14.5 Å². The van der Waals surface area contributed by atoms with Crippen molar-refractivity contribution in [2.24, 2.45) is 0 Å². The summed E-state index contributed by atoms with van der Waals surface area (Å²) in [5, 5.41) is 8.65. The first-order valence-corrected chi connectivity index (χ1v) is 10.7. The van der Waals surface area contributed by atoms with E-state index in [1.165, 1.54) is 0 Å². The van der Waals surface area contributed by atoms with Gasteiger partial charge < -0.3 is 10.6 Å². The number of aromatic nitrogens is 3. The minimum absolute atomic E-state index is 0.135. The molecule has 2 N–H and O–H groups in total. The van der Waals surface area contributed by atoms with Gasteiger partial charge in [-0.05, 0) is 49.4 Å². The fourth-order valence-corrected chi connectivity index (χ4v) is 4.44. The van der Waals surface area contributed by atoms with Crippen molar-refractivity contribution in [3.8, 4) is 5.69 Å². The van der Waals surface area contributed by atoms with Gasteiger partial charge in [-0.3, -0.25) is 9.36 Å². The van der Waals surface area contributed by atoms with Crippen molar-refractivity contribution >= 4 is 34.0 Å². The summed E-state index contributed by atoms with van der Waals surface area (Å²) in [4.78, 5) is 22.4. The van der Waals surface area contributed by atoms with Crippen molar-refractivity contribution in [3.05, 3.63) is 87.6 Å². The molecule has 1 atom stereocenters. The summed E-state index contributed by atoms with van der Waals surface area (Å²) < 4.78 is 1.73. The molecular formula is C24H22ClN5O. The van der Waals surface area contributed by atoms with Crippen LogP contribution in [0.15, 0.2) is 65.7 Å². The number of hydrogen-bond acceptors (Lipinski definition) is 5. The highest BCUT2D eigenvalue weighted by molar-refractivity contribution is 6.35. The van der Waals surface area contributed by atoms with Crippen molar-refractivity contribution in [1.29, 1.82) is 0 Å². The monoisotopic (exact) mass is 431 g/mol. The summed E-state index contributed by atoms with van der Waals surface area (Å²) in [6.07, 6.45) is 3.51. The number of anilines is 2. The van der Waals surface area contributed by atoms with Crippen LogP contribution < -0.4 is 16.2 Å². The van der Waals surface area contributed by atoms with Gasteiger partial charge in [-0.2, -0.15) is 0 Å². The predicted octanol–water partition coefficient (Wildman–Crippen LogP) is 4.97. The van der Waals surface area contributed by atoms with Crippen LogP contribution in [0.5, 0.6) is 0 Å². The first-order valence-electron chi connectivity index (χ1n) is 10.4. The van der Waals surface area contributed by atoms with E-state index in [9.17, 15) is 4.79 Å². The lowest BCUT2D eigenvalue weighted by Gasteiger charge is -2.24. The van der Waals surface area contributed by atoms with Gasteiger partial charge in [0.05, 0.1) is 16.5 Å². The van der Waals surface area contributed by atoms with Gasteiger partial charge in [0.1, 0.15) is 18.0 Å². The molecule has 6 nitrogen and oxygen atoms in total. The van der Waals surface area contributed by atoms with Gasteiger partial charge in [0.25, 0.3) is 5.56 Å². The van der Waals surface area contributed by atoms with Gasteiger partial charge in [0, 0.05) is 23.5 Å². The zero-order valence-corrected chi connectivity index (χ0v) is 17.9. The summed E-state index contributed by atoms with van der Waals surface area (Å²) in [6.45, 7) is 2.95. The van der Waals surface area contributed by atoms with Gasteiger partial charge >= 0.3 is 0 Å². The van der Waals surface area contributed by atoms with Crippen molar-refractivity contribution < 1.29 is 0 Å². The fraction of sp³-hybridized carbons (Fsp3) is 0.208. The van der Waals surface area contributed by atoms with Crippen LogP contribution in [0.4, 0.5) is 11.6 Å². The predicted molar refractivity (Wildman–Crippen MR) is 125 cm³/mol. The number of nitrogens with one attached hydrogen (secondary N) is 2. The lowest BCUT2D eigenvalue weighted by molar-refractivity contribution is 0.759. The van der Waals surface area contributed by atoms with Crippen LogP contribution in [0.1, 0.15) is 30.6 Å². The van der Waals surface area contributed by atoms with Gasteiger partial charge in [-0.1, -0.05) is 41.9 Å². The van der Waals surface area contributed by atoms with Crippen molar-refractivity contribution in [3.63, 3.8) is 0 Å². The lowest BCUT2D eigenvalue weighted by atomic mass is 10.1. The maximum atomic E-state index is 13.6. The Hall–Kier alpha value is -3.38. The first kappa shape index (κ1) is 19.6. The number of hydrogen-bond donors (Lipinski definition) is 2. The fourth-order valence-electron chi connectivity index (χ4n) is 4.18. The van der Waals surface area contributed by atoms with Crippen molar-refractivity contribution in [2.75, 3.05) is 17.2 Å². The van der Waals surface area contributed by atoms with E-state index < -0.39 is 0 Å². The minimum Gasteiger partial charge on any atom is -0.370 e. The molecule has 156 valence electrons. The average molecular weight is 432 g/mol. The van der Waals surface area contributed by atoms with E-state index in [0.717, 1.165) is 53.4 Å². The maximum Gasteiger partial charge on any atom is 0.264 e. The molecule has 2 aromatic carbocycles. The molecule has 0 bridgehead atoms. The van der Waals surface area contributed by atoms with E-state index in [1.807, 2.05) is 55.5 Å². The van der Waals surface area contributed by atoms with Crippen LogP contribution in [0.25, 0.3) is 16.5 Å². The molecule has 0 amide bonds. The second kappa shape index (κ2) is 8.04. The van der Waals surface area contributed by atoms with Crippen LogP contribution in [-0.4, -0.2) is 21.1 Å². The van der Waals surface area contributed by atoms with Gasteiger partial charge in [0.15, 0.2) is 0 Å². The third-order valence-electron chi connectivity index (χ3n) is 5.68. The number of rotatable bonds is 4. The summed E-state index contributed by atoms with van der Waals surface area (Å²) in [6, 6.07) is 17.0. The molecule has 0 spiro atoms. The normalized spacial score (nSPS) is 14.0. The topological polar surface area (TPSA) is 71.8 Å². The Bertz CT molecular complexity index is 1320. The number of benzene rings is 2. The number of fused-ring (bicyclic) bond motifs is 2. The van der Waals surface area contributed by atoms with Crippen molar-refractivity contribution in [2.45, 2.75) is 25.8 Å². The zero-order chi connectivity index (χ0) is 21.4. The Morgan fingerprint density at radius 1 is 1.13 bits per heavy atom. The SMILES string of the molecule is C[C@H](Nc1ncnc2c1CCCN2)c1cc2cccc(Cl)c2c(=O)n1-c1ccccc1. The Kier molecular flexibility index (Phi) is 5.08. The van der Waals surface area contributed by atoms with E-state index in [2.05, 4.69) is 20.6 Å². The van der Waals surface area contributed by atoms with Crippen LogP contribution in [-0.2, 0) is 6.42 Å². The van der Waals surface area contributed by atoms with Gasteiger partial charge in [-0.25, -0.2) is 9.97 Å². The molecule has 4 aromatic rings. The zero-order valence-electron chi connectivity index (χ0n) is 17.1. The molecule has 0 unspecified atom stereocenters. The van der Waals surface area contributed by atoms with E-state index in [-0.39, 0.29) is 11.6 Å². The quantitative estimate of drug-likeness (QED) is 0.477. The van der Waals surface area contributed by atoms with E-state index in [4.69, 9.17) is 11.6 Å². The Balaban J connectivity index is 1.67. The van der Waals surface area contributed by atoms with Crippen LogP contribution in [0.3, 0.4) is 0 Å². The average Bonchev–Trinajstić information content (AvgIpc) is 2.79. The molecule has 7 heteroatoms. The second-order valence-corrected chi connectivity index (χ2v) is 8.10. The van der Waals surface area contributed by atoms with Gasteiger partial charge in [0.2, 0.25) is 0 Å². The smallest absolute Gasteiger partial charge is 0.264 e. The first-order chi connectivity index (χ1) is 15.1.